The van der Waals surface area contributed by atoms with Gasteiger partial charge in [0.2, 0.25) is 0 Å². The molecule has 6 heteroatoms. The zero-order chi connectivity index (χ0) is 10.3. The molecule has 1 aromatic rings. The van der Waals surface area contributed by atoms with Crippen molar-refractivity contribution >= 4 is 12.0 Å². The van der Waals surface area contributed by atoms with E-state index in [1.54, 1.807) is 7.05 Å². The van der Waals surface area contributed by atoms with Gasteiger partial charge in [-0.15, -0.1) is 0 Å². The molecule has 0 atom stereocenters. The minimum absolute atomic E-state index is 0.311. The van der Waals surface area contributed by atoms with Crippen LogP contribution in [-0.2, 0) is 20.6 Å². The maximum absolute atomic E-state index is 11.6. The third-order valence-corrected chi connectivity index (χ3v) is 2.33. The summed E-state index contributed by atoms with van der Waals surface area (Å²) in [6, 6.07) is 0. The van der Waals surface area contributed by atoms with E-state index < -0.39 is 0 Å². The number of nitrogens with zero attached hydrogens (tertiary/aromatic N) is 3. The molecule has 0 saturated carbocycles. The quantitative estimate of drug-likeness (QED) is 0.578. The molecule has 1 aliphatic heterocycles. The Hall–Kier alpha value is -1.85. The van der Waals surface area contributed by atoms with E-state index >= 15 is 0 Å². The Morgan fingerprint density at radius 1 is 1.36 bits per heavy atom. The van der Waals surface area contributed by atoms with Crippen molar-refractivity contribution in [3.8, 4) is 0 Å². The lowest BCUT2D eigenvalue weighted by Gasteiger charge is -2.15. The molecule has 0 unspecified atom stereocenters. The fourth-order valence-electron chi connectivity index (χ4n) is 1.46. The minimum atomic E-state index is -0.326. The molecule has 0 saturated heterocycles. The zero-order valence-electron chi connectivity index (χ0n) is 7.94. The molecule has 0 aliphatic carbocycles. The second-order valence-electron chi connectivity index (χ2n) is 3.14. The summed E-state index contributed by atoms with van der Waals surface area (Å²) in [7, 11) is 3.08. The molecule has 2 heterocycles. The number of anilines is 1. The predicted molar refractivity (Wildman–Crippen MR) is 52.7 cm³/mol. The van der Waals surface area contributed by atoms with E-state index in [0.717, 1.165) is 4.57 Å². The summed E-state index contributed by atoms with van der Waals surface area (Å²) in [6.45, 7) is 0.365. The number of rotatable bonds is 0. The first-order valence-electron chi connectivity index (χ1n) is 4.16. The normalized spacial score (nSPS) is 13.6. The molecule has 74 valence electrons. The van der Waals surface area contributed by atoms with Crippen LogP contribution in [0.25, 0.3) is 0 Å². The van der Waals surface area contributed by atoms with Gasteiger partial charge in [-0.05, 0) is 0 Å². The van der Waals surface area contributed by atoms with Crippen molar-refractivity contribution in [1.82, 2.24) is 9.13 Å². The van der Waals surface area contributed by atoms with Crippen LogP contribution in [0.1, 0.15) is 5.69 Å². The number of hydrogen-bond acceptors (Lipinski definition) is 4. The Morgan fingerprint density at radius 2 is 2.07 bits per heavy atom. The SMILES string of the molecule is Cn1c2c(c(=O)n(C)c1=O)NC=NC2. The molecule has 0 bridgehead atoms. The van der Waals surface area contributed by atoms with Crippen molar-refractivity contribution in [2.75, 3.05) is 5.32 Å². The Morgan fingerprint density at radius 3 is 2.79 bits per heavy atom. The Bertz CT molecular complexity index is 523. The van der Waals surface area contributed by atoms with E-state index in [4.69, 9.17) is 0 Å². The highest BCUT2D eigenvalue weighted by atomic mass is 16.2. The summed E-state index contributed by atoms with van der Waals surface area (Å²) in [5.41, 5.74) is 0.423. The van der Waals surface area contributed by atoms with Crippen LogP contribution in [0, 0.1) is 0 Å². The predicted octanol–water partition coefficient (Wildman–Crippen LogP) is -0.962. The van der Waals surface area contributed by atoms with Crippen molar-refractivity contribution < 1.29 is 0 Å². The van der Waals surface area contributed by atoms with Gasteiger partial charge in [-0.1, -0.05) is 0 Å². The van der Waals surface area contributed by atoms with Crippen LogP contribution in [0.3, 0.4) is 0 Å². The molecular formula is C8H10N4O2. The molecule has 0 radical (unpaired) electrons. The Kier molecular flexibility index (Phi) is 1.77. The number of hydrogen-bond donors (Lipinski definition) is 1. The first-order valence-corrected chi connectivity index (χ1v) is 4.16. The van der Waals surface area contributed by atoms with E-state index in [2.05, 4.69) is 10.3 Å². The van der Waals surface area contributed by atoms with Crippen molar-refractivity contribution in [3.63, 3.8) is 0 Å². The van der Waals surface area contributed by atoms with Gasteiger partial charge in [-0.25, -0.2) is 4.79 Å². The molecule has 1 aromatic heterocycles. The van der Waals surface area contributed by atoms with Crippen LogP contribution < -0.4 is 16.6 Å². The molecular weight excluding hydrogens is 184 g/mol. The van der Waals surface area contributed by atoms with E-state index in [1.165, 1.54) is 18.0 Å². The lowest BCUT2D eigenvalue weighted by Crippen LogP contribution is -2.40. The molecule has 14 heavy (non-hydrogen) atoms. The Labute approximate surface area is 79.5 Å². The first-order chi connectivity index (χ1) is 6.63. The van der Waals surface area contributed by atoms with Gasteiger partial charge >= 0.3 is 5.69 Å². The summed E-state index contributed by atoms with van der Waals surface area (Å²) in [5.74, 6) is 0. The average Bonchev–Trinajstić information content (AvgIpc) is 2.23. The van der Waals surface area contributed by atoms with E-state index in [9.17, 15) is 9.59 Å². The highest BCUT2D eigenvalue weighted by Gasteiger charge is 2.15. The lowest BCUT2D eigenvalue weighted by molar-refractivity contribution is 0.653. The highest BCUT2D eigenvalue weighted by Crippen LogP contribution is 2.10. The zero-order valence-corrected chi connectivity index (χ0v) is 7.94. The number of aliphatic imine (C=N–C) groups is 1. The summed E-state index contributed by atoms with van der Waals surface area (Å²) in [6.07, 6.45) is 1.47. The van der Waals surface area contributed by atoms with Gasteiger partial charge in [0.1, 0.15) is 5.69 Å². The molecule has 2 rings (SSSR count). The molecule has 0 aromatic carbocycles. The van der Waals surface area contributed by atoms with Gasteiger partial charge in [-0.3, -0.25) is 18.9 Å². The van der Waals surface area contributed by atoms with Crippen LogP contribution in [0.15, 0.2) is 14.6 Å². The number of fused-ring (bicyclic) bond motifs is 1. The molecule has 6 nitrogen and oxygen atoms in total. The van der Waals surface area contributed by atoms with E-state index in [-0.39, 0.29) is 11.2 Å². The number of nitrogens with one attached hydrogen (secondary N) is 1. The van der Waals surface area contributed by atoms with E-state index in [1.807, 2.05) is 0 Å². The Balaban J connectivity index is 2.88. The van der Waals surface area contributed by atoms with Crippen LogP contribution in [0.2, 0.25) is 0 Å². The van der Waals surface area contributed by atoms with Crippen molar-refractivity contribution in [1.29, 1.82) is 0 Å². The fourth-order valence-corrected chi connectivity index (χ4v) is 1.46. The van der Waals surface area contributed by atoms with Crippen LogP contribution in [0.5, 0.6) is 0 Å². The monoisotopic (exact) mass is 194 g/mol. The van der Waals surface area contributed by atoms with Gasteiger partial charge in [0.05, 0.1) is 18.6 Å². The average molecular weight is 194 g/mol. The molecule has 1 N–H and O–H groups in total. The number of aromatic nitrogens is 2. The topological polar surface area (TPSA) is 68.4 Å². The van der Waals surface area contributed by atoms with Crippen LogP contribution in [-0.4, -0.2) is 15.5 Å². The van der Waals surface area contributed by atoms with Crippen molar-refractivity contribution in [2.24, 2.45) is 19.1 Å². The largest absolute Gasteiger partial charge is 0.341 e. The lowest BCUT2D eigenvalue weighted by atomic mass is 10.3. The minimum Gasteiger partial charge on any atom is -0.341 e. The van der Waals surface area contributed by atoms with Gasteiger partial charge in [0.15, 0.2) is 0 Å². The van der Waals surface area contributed by atoms with Crippen molar-refractivity contribution in [2.45, 2.75) is 6.54 Å². The first kappa shape index (κ1) is 8.74. The maximum atomic E-state index is 11.6. The van der Waals surface area contributed by atoms with Gasteiger partial charge in [-0.2, -0.15) is 0 Å². The summed E-state index contributed by atoms with van der Waals surface area (Å²) in [5, 5.41) is 2.76. The molecule has 0 amide bonds. The standard InChI is InChI=1S/C8H10N4O2/c1-11-5-3-9-4-10-6(5)7(13)12(2)8(11)14/h4H,3H2,1-2H3,(H,9,10). The maximum Gasteiger partial charge on any atom is 0.330 e. The summed E-state index contributed by atoms with van der Waals surface area (Å²) in [4.78, 5) is 27.1. The summed E-state index contributed by atoms with van der Waals surface area (Å²) >= 11 is 0. The van der Waals surface area contributed by atoms with Gasteiger partial charge in [0.25, 0.3) is 5.56 Å². The smallest absolute Gasteiger partial charge is 0.330 e. The van der Waals surface area contributed by atoms with E-state index in [0.29, 0.717) is 17.9 Å². The molecule has 1 aliphatic rings. The second kappa shape index (κ2) is 2.83. The van der Waals surface area contributed by atoms with Crippen molar-refractivity contribution in [3.05, 3.63) is 26.5 Å². The third-order valence-electron chi connectivity index (χ3n) is 2.33. The molecule has 0 fully saturated rings. The third kappa shape index (κ3) is 1.00. The van der Waals surface area contributed by atoms with Crippen LogP contribution >= 0.6 is 0 Å². The summed E-state index contributed by atoms with van der Waals surface area (Å²) < 4.78 is 2.51. The van der Waals surface area contributed by atoms with Gasteiger partial charge in [0, 0.05) is 14.1 Å². The van der Waals surface area contributed by atoms with Gasteiger partial charge < -0.3 is 5.32 Å². The fraction of sp³-hybridized carbons (Fsp3) is 0.375. The second-order valence-corrected chi connectivity index (χ2v) is 3.14. The molecule has 0 spiro atoms. The highest BCUT2D eigenvalue weighted by molar-refractivity contribution is 5.78. The van der Waals surface area contributed by atoms with Crippen LogP contribution in [0.4, 0.5) is 5.69 Å².